The minimum Gasteiger partial charge on any atom is -0.207 e. The second kappa shape index (κ2) is 6.88. The SMILES string of the molecule is CC(=C=Cc1cc(F)ccc1C=C(C)C)c1ccccc1. The van der Waals surface area contributed by atoms with Crippen molar-refractivity contribution in [2.45, 2.75) is 20.8 Å². The van der Waals surface area contributed by atoms with Gasteiger partial charge in [-0.3, -0.25) is 0 Å². The molecule has 1 heteroatoms. The molecule has 21 heavy (non-hydrogen) atoms. The van der Waals surface area contributed by atoms with Gasteiger partial charge in [0.25, 0.3) is 0 Å². The fraction of sp³-hybridized carbons (Fsp3) is 0.150. The first kappa shape index (κ1) is 15.0. The highest BCUT2D eigenvalue weighted by molar-refractivity contribution is 5.71. The molecule has 0 N–H and O–H groups in total. The molecule has 0 fully saturated rings. The second-order valence-electron chi connectivity index (χ2n) is 5.27. The van der Waals surface area contributed by atoms with Gasteiger partial charge in [-0.1, -0.05) is 48.0 Å². The molecule has 0 nitrogen and oxygen atoms in total. The van der Waals surface area contributed by atoms with E-state index in [-0.39, 0.29) is 5.82 Å². The highest BCUT2D eigenvalue weighted by Crippen LogP contribution is 2.18. The Morgan fingerprint density at radius 2 is 1.67 bits per heavy atom. The van der Waals surface area contributed by atoms with Crippen LogP contribution in [-0.2, 0) is 0 Å². The van der Waals surface area contributed by atoms with E-state index in [0.717, 1.165) is 22.3 Å². The first-order chi connectivity index (χ1) is 10.1. The smallest absolute Gasteiger partial charge is 0.123 e. The van der Waals surface area contributed by atoms with Crippen molar-refractivity contribution in [3.05, 3.63) is 82.3 Å². The van der Waals surface area contributed by atoms with E-state index in [1.165, 1.54) is 11.6 Å². The van der Waals surface area contributed by atoms with Gasteiger partial charge >= 0.3 is 0 Å². The van der Waals surface area contributed by atoms with Gasteiger partial charge in [0.05, 0.1) is 0 Å². The third kappa shape index (κ3) is 4.30. The average Bonchev–Trinajstić information content (AvgIpc) is 2.47. The van der Waals surface area contributed by atoms with Crippen LogP contribution in [0, 0.1) is 5.82 Å². The summed E-state index contributed by atoms with van der Waals surface area (Å²) in [6.45, 7) is 6.07. The summed E-state index contributed by atoms with van der Waals surface area (Å²) in [5.74, 6) is -0.230. The summed E-state index contributed by atoms with van der Waals surface area (Å²) in [5, 5.41) is 0. The van der Waals surface area contributed by atoms with E-state index in [2.05, 4.69) is 5.73 Å². The highest BCUT2D eigenvalue weighted by Gasteiger charge is 1.99. The number of halogens is 1. The van der Waals surface area contributed by atoms with Gasteiger partial charge in [0.2, 0.25) is 0 Å². The van der Waals surface area contributed by atoms with Gasteiger partial charge in [0.1, 0.15) is 5.82 Å². The topological polar surface area (TPSA) is 0 Å². The van der Waals surface area contributed by atoms with Crippen LogP contribution in [0.25, 0.3) is 17.7 Å². The molecule has 2 aromatic rings. The molecule has 0 saturated heterocycles. The summed E-state index contributed by atoms with van der Waals surface area (Å²) in [6, 6.07) is 14.9. The summed E-state index contributed by atoms with van der Waals surface area (Å²) in [5.41, 5.74) is 8.43. The van der Waals surface area contributed by atoms with Crippen molar-refractivity contribution in [2.24, 2.45) is 0 Å². The minimum atomic E-state index is -0.230. The van der Waals surface area contributed by atoms with E-state index in [4.69, 9.17) is 0 Å². The highest BCUT2D eigenvalue weighted by atomic mass is 19.1. The lowest BCUT2D eigenvalue weighted by Gasteiger charge is -2.02. The molecule has 0 amide bonds. The predicted octanol–water partition coefficient (Wildman–Crippen LogP) is 5.96. The molecule has 0 bridgehead atoms. The van der Waals surface area contributed by atoms with E-state index in [1.54, 1.807) is 12.1 Å². The van der Waals surface area contributed by atoms with Gasteiger partial charge in [-0.2, -0.15) is 0 Å². The van der Waals surface area contributed by atoms with Crippen molar-refractivity contribution in [1.29, 1.82) is 0 Å². The Morgan fingerprint density at radius 3 is 2.33 bits per heavy atom. The second-order valence-corrected chi connectivity index (χ2v) is 5.27. The number of hydrogen-bond acceptors (Lipinski definition) is 0. The summed E-state index contributed by atoms with van der Waals surface area (Å²) in [4.78, 5) is 0. The van der Waals surface area contributed by atoms with Gasteiger partial charge in [0, 0.05) is 0 Å². The molecule has 2 aromatic carbocycles. The van der Waals surface area contributed by atoms with Crippen LogP contribution in [-0.4, -0.2) is 0 Å². The number of hydrogen-bond donors (Lipinski definition) is 0. The van der Waals surface area contributed by atoms with Crippen molar-refractivity contribution in [3.8, 4) is 0 Å². The zero-order valence-corrected chi connectivity index (χ0v) is 12.7. The monoisotopic (exact) mass is 278 g/mol. The summed E-state index contributed by atoms with van der Waals surface area (Å²) >= 11 is 0. The number of allylic oxidation sites excluding steroid dienone is 2. The maximum absolute atomic E-state index is 13.5. The Labute approximate surface area is 126 Å². The molecular weight excluding hydrogens is 259 g/mol. The van der Waals surface area contributed by atoms with E-state index < -0.39 is 0 Å². The number of rotatable bonds is 3. The van der Waals surface area contributed by atoms with Crippen molar-refractivity contribution >= 4 is 17.7 Å². The van der Waals surface area contributed by atoms with E-state index in [0.29, 0.717) is 0 Å². The predicted molar refractivity (Wildman–Crippen MR) is 89.2 cm³/mol. The molecule has 0 aromatic heterocycles. The molecule has 0 spiro atoms. The van der Waals surface area contributed by atoms with Crippen LogP contribution >= 0.6 is 0 Å². The van der Waals surface area contributed by atoms with E-state index in [9.17, 15) is 4.39 Å². The zero-order valence-electron chi connectivity index (χ0n) is 12.7. The molecule has 2 rings (SSSR count). The zero-order chi connectivity index (χ0) is 15.2. The minimum absolute atomic E-state index is 0.230. The fourth-order valence-corrected chi connectivity index (χ4v) is 2.07. The summed E-state index contributed by atoms with van der Waals surface area (Å²) in [6.07, 6.45) is 3.89. The average molecular weight is 278 g/mol. The number of benzene rings is 2. The molecule has 0 aliphatic carbocycles. The normalized spacial score (nSPS) is 9.71. The molecule has 0 heterocycles. The lowest BCUT2D eigenvalue weighted by molar-refractivity contribution is 0.627. The first-order valence-electron chi connectivity index (χ1n) is 6.99. The van der Waals surface area contributed by atoms with Crippen LogP contribution in [0.5, 0.6) is 0 Å². The summed E-state index contributed by atoms with van der Waals surface area (Å²) < 4.78 is 13.5. The molecule has 0 aliphatic heterocycles. The van der Waals surface area contributed by atoms with Crippen LogP contribution in [0.15, 0.2) is 59.8 Å². The summed E-state index contributed by atoms with van der Waals surface area (Å²) in [7, 11) is 0. The molecule has 106 valence electrons. The standard InChI is InChI=1S/C20H19F/c1-15(2)13-18-11-12-20(21)14-19(18)10-9-16(3)17-7-5-4-6-8-17/h4-8,10-14H,1-3H3. The molecule has 0 atom stereocenters. The molecule has 0 aliphatic rings. The molecule has 0 unspecified atom stereocenters. The van der Waals surface area contributed by atoms with Crippen molar-refractivity contribution < 1.29 is 4.39 Å². The molecule has 0 radical (unpaired) electrons. The third-order valence-corrected chi connectivity index (χ3v) is 3.14. The molecule has 0 saturated carbocycles. The molecular formula is C20H19F. The third-order valence-electron chi connectivity index (χ3n) is 3.14. The van der Waals surface area contributed by atoms with Crippen molar-refractivity contribution in [1.82, 2.24) is 0 Å². The van der Waals surface area contributed by atoms with Gasteiger partial charge in [-0.15, -0.1) is 5.73 Å². The Bertz CT molecular complexity index is 711. The quantitative estimate of drug-likeness (QED) is 0.607. The van der Waals surface area contributed by atoms with Crippen LogP contribution in [0.2, 0.25) is 0 Å². The Hall–Kier alpha value is -2.37. The van der Waals surface area contributed by atoms with Crippen LogP contribution in [0.3, 0.4) is 0 Å². The Kier molecular flexibility index (Phi) is 4.92. The van der Waals surface area contributed by atoms with E-state index in [1.807, 2.05) is 63.3 Å². The lowest BCUT2D eigenvalue weighted by atomic mass is 10.0. The Balaban J connectivity index is 2.45. The van der Waals surface area contributed by atoms with Gasteiger partial charge in [-0.25, -0.2) is 4.39 Å². The lowest BCUT2D eigenvalue weighted by Crippen LogP contribution is -1.84. The maximum atomic E-state index is 13.5. The van der Waals surface area contributed by atoms with E-state index >= 15 is 0 Å². The van der Waals surface area contributed by atoms with Crippen molar-refractivity contribution in [2.75, 3.05) is 0 Å². The van der Waals surface area contributed by atoms with Crippen LogP contribution < -0.4 is 0 Å². The van der Waals surface area contributed by atoms with Gasteiger partial charge < -0.3 is 0 Å². The van der Waals surface area contributed by atoms with Gasteiger partial charge in [-0.05, 0) is 61.2 Å². The van der Waals surface area contributed by atoms with Gasteiger partial charge in [0.15, 0.2) is 0 Å². The maximum Gasteiger partial charge on any atom is 0.123 e. The fourth-order valence-electron chi connectivity index (χ4n) is 2.07. The first-order valence-corrected chi connectivity index (χ1v) is 6.99. The van der Waals surface area contributed by atoms with Crippen LogP contribution in [0.1, 0.15) is 37.5 Å². The van der Waals surface area contributed by atoms with Crippen LogP contribution in [0.4, 0.5) is 4.39 Å². The largest absolute Gasteiger partial charge is 0.207 e. The van der Waals surface area contributed by atoms with Crippen molar-refractivity contribution in [3.63, 3.8) is 0 Å². The Morgan fingerprint density at radius 1 is 0.952 bits per heavy atom.